The van der Waals surface area contributed by atoms with Crippen molar-refractivity contribution in [1.82, 2.24) is 9.97 Å². The minimum Gasteiger partial charge on any atom is -0.383 e. The molecule has 0 aliphatic carbocycles. The zero-order valence-corrected chi connectivity index (χ0v) is 16.0. The molecule has 2 aromatic carbocycles. The number of nitrogens with two attached hydrogens (primary N) is 1. The molecule has 2 N–H and O–H groups in total. The number of nitrogens with zero attached hydrogens (tertiary/aromatic N) is 2. The van der Waals surface area contributed by atoms with Crippen molar-refractivity contribution in [2.45, 2.75) is 13.3 Å². The summed E-state index contributed by atoms with van der Waals surface area (Å²) in [4.78, 5) is 34.8. The summed E-state index contributed by atoms with van der Waals surface area (Å²) in [6, 6.07) is 18.6. The lowest BCUT2D eigenvalue weighted by Gasteiger charge is -2.06. The third kappa shape index (κ3) is 3.30. The van der Waals surface area contributed by atoms with E-state index >= 15 is 0 Å². The highest BCUT2D eigenvalue weighted by Gasteiger charge is 2.22. The number of rotatable bonds is 5. The summed E-state index contributed by atoms with van der Waals surface area (Å²) in [5.41, 5.74) is 8.51. The number of anilines is 1. The highest BCUT2D eigenvalue weighted by atomic mass is 32.1. The topological polar surface area (TPSA) is 85.9 Å². The van der Waals surface area contributed by atoms with Crippen LogP contribution in [0.3, 0.4) is 0 Å². The van der Waals surface area contributed by atoms with Gasteiger partial charge >= 0.3 is 0 Å². The van der Waals surface area contributed by atoms with Gasteiger partial charge in [-0.2, -0.15) is 0 Å². The van der Waals surface area contributed by atoms with Crippen LogP contribution in [-0.4, -0.2) is 21.5 Å². The van der Waals surface area contributed by atoms with E-state index in [9.17, 15) is 9.59 Å². The van der Waals surface area contributed by atoms with Gasteiger partial charge in [0.2, 0.25) is 0 Å². The van der Waals surface area contributed by atoms with E-state index in [4.69, 9.17) is 5.73 Å². The first kappa shape index (κ1) is 18.0. The number of aromatic nitrogens is 2. The highest BCUT2D eigenvalue weighted by molar-refractivity contribution is 7.21. The molecule has 0 saturated carbocycles. The summed E-state index contributed by atoms with van der Waals surface area (Å²) in [6.45, 7) is 1.53. The largest absolute Gasteiger partial charge is 0.383 e. The second kappa shape index (κ2) is 7.32. The predicted molar refractivity (Wildman–Crippen MR) is 112 cm³/mol. The lowest BCUT2D eigenvalue weighted by molar-refractivity contribution is 0.0988. The van der Waals surface area contributed by atoms with Crippen LogP contribution in [0.2, 0.25) is 0 Å². The van der Waals surface area contributed by atoms with Gasteiger partial charge < -0.3 is 5.73 Å². The quantitative estimate of drug-likeness (QED) is 0.507. The molecule has 0 amide bonds. The van der Waals surface area contributed by atoms with E-state index in [1.54, 1.807) is 12.1 Å². The fourth-order valence-electron chi connectivity index (χ4n) is 3.15. The number of fused-ring (bicyclic) bond motifs is 1. The minimum atomic E-state index is -0.0778. The molecule has 0 aliphatic rings. The molecule has 2 heterocycles. The third-order valence-corrected chi connectivity index (χ3v) is 5.61. The Balaban J connectivity index is 1.82. The van der Waals surface area contributed by atoms with Crippen molar-refractivity contribution >= 4 is 38.9 Å². The number of hydrogen-bond donors (Lipinski definition) is 1. The Morgan fingerprint density at radius 2 is 1.61 bits per heavy atom. The summed E-state index contributed by atoms with van der Waals surface area (Å²) in [5.74, 6) is 0.507. The monoisotopic (exact) mass is 387 g/mol. The van der Waals surface area contributed by atoms with Crippen molar-refractivity contribution in [3.8, 4) is 11.1 Å². The van der Waals surface area contributed by atoms with E-state index in [0.717, 1.165) is 11.1 Å². The van der Waals surface area contributed by atoms with Crippen LogP contribution in [0.1, 0.15) is 32.8 Å². The highest BCUT2D eigenvalue weighted by Crippen LogP contribution is 2.40. The average Bonchev–Trinajstić information content (AvgIpc) is 3.10. The number of nitrogen functional groups attached to an aromatic ring is 1. The number of hydrogen-bond acceptors (Lipinski definition) is 6. The Labute approximate surface area is 165 Å². The zero-order chi connectivity index (χ0) is 19.7. The van der Waals surface area contributed by atoms with Gasteiger partial charge in [-0.25, -0.2) is 9.97 Å². The maximum absolute atomic E-state index is 12.5. The van der Waals surface area contributed by atoms with Gasteiger partial charge in [-0.1, -0.05) is 60.7 Å². The Morgan fingerprint density at radius 1 is 0.964 bits per heavy atom. The van der Waals surface area contributed by atoms with Crippen LogP contribution in [0.25, 0.3) is 21.3 Å². The van der Waals surface area contributed by atoms with Crippen molar-refractivity contribution in [3.63, 3.8) is 0 Å². The van der Waals surface area contributed by atoms with Crippen molar-refractivity contribution in [3.05, 3.63) is 76.9 Å². The summed E-state index contributed by atoms with van der Waals surface area (Å²) in [5, 5.41) is 0.664. The van der Waals surface area contributed by atoms with Gasteiger partial charge in [-0.3, -0.25) is 9.59 Å². The molecule has 6 heteroatoms. The second-order valence-electron chi connectivity index (χ2n) is 6.40. The first-order valence-corrected chi connectivity index (χ1v) is 9.59. The minimum absolute atomic E-state index is 0.0526. The molecule has 138 valence electrons. The Morgan fingerprint density at radius 3 is 2.25 bits per heavy atom. The molecule has 0 radical (unpaired) electrons. The maximum atomic E-state index is 12.5. The number of thiophene rings is 1. The molecule has 0 saturated heterocycles. The van der Waals surface area contributed by atoms with Crippen molar-refractivity contribution < 1.29 is 9.59 Å². The molecule has 2 aromatic heterocycles. The summed E-state index contributed by atoms with van der Waals surface area (Å²) >= 11 is 1.29. The van der Waals surface area contributed by atoms with Crippen molar-refractivity contribution in [2.75, 3.05) is 5.73 Å². The maximum Gasteiger partial charge on any atom is 0.170 e. The predicted octanol–water partition coefficient (Wildman–Crippen LogP) is 4.57. The number of benzene rings is 2. The lowest BCUT2D eigenvalue weighted by Crippen LogP contribution is -2.08. The summed E-state index contributed by atoms with van der Waals surface area (Å²) < 4.78 is 0. The first-order chi connectivity index (χ1) is 13.5. The molecule has 0 spiro atoms. The van der Waals surface area contributed by atoms with E-state index in [1.165, 1.54) is 18.3 Å². The molecule has 0 unspecified atom stereocenters. The molecule has 0 aliphatic heterocycles. The molecule has 0 bridgehead atoms. The van der Waals surface area contributed by atoms with E-state index in [-0.39, 0.29) is 23.8 Å². The average molecular weight is 387 g/mol. The SMILES string of the molecule is CC(=O)c1sc2nc(CC(=O)c3ccccc3)nc(N)c2c1-c1ccccc1. The van der Waals surface area contributed by atoms with Crippen LogP contribution >= 0.6 is 11.3 Å². The van der Waals surface area contributed by atoms with Gasteiger partial charge in [0.1, 0.15) is 16.5 Å². The fraction of sp³-hybridized carbons (Fsp3) is 0.0909. The molecule has 5 nitrogen and oxygen atoms in total. The summed E-state index contributed by atoms with van der Waals surface area (Å²) in [7, 11) is 0. The summed E-state index contributed by atoms with van der Waals surface area (Å²) in [6.07, 6.45) is 0.0537. The van der Waals surface area contributed by atoms with Crippen LogP contribution in [0.4, 0.5) is 5.82 Å². The molecular weight excluding hydrogens is 370 g/mol. The Bertz CT molecular complexity index is 1180. The van der Waals surface area contributed by atoms with Crippen molar-refractivity contribution in [2.24, 2.45) is 0 Å². The molecule has 4 rings (SSSR count). The van der Waals surface area contributed by atoms with Crippen LogP contribution in [0.5, 0.6) is 0 Å². The van der Waals surface area contributed by atoms with Crippen molar-refractivity contribution in [1.29, 1.82) is 0 Å². The van der Waals surface area contributed by atoms with Gasteiger partial charge in [0.15, 0.2) is 11.6 Å². The van der Waals surface area contributed by atoms with Crippen LogP contribution in [-0.2, 0) is 6.42 Å². The number of Topliss-reactive ketones (excluding diaryl/α,β-unsaturated/α-hetero) is 2. The molecule has 0 atom stereocenters. The molecule has 28 heavy (non-hydrogen) atoms. The van der Waals surface area contributed by atoms with Crippen LogP contribution in [0, 0.1) is 0 Å². The smallest absolute Gasteiger partial charge is 0.170 e. The third-order valence-electron chi connectivity index (χ3n) is 4.42. The Kier molecular flexibility index (Phi) is 4.71. The van der Waals surface area contributed by atoms with Gasteiger partial charge in [0.25, 0.3) is 0 Å². The second-order valence-corrected chi connectivity index (χ2v) is 7.40. The van der Waals surface area contributed by atoms with E-state index in [2.05, 4.69) is 9.97 Å². The van der Waals surface area contributed by atoms with Crippen LogP contribution in [0.15, 0.2) is 60.7 Å². The zero-order valence-electron chi connectivity index (χ0n) is 15.2. The van der Waals surface area contributed by atoms with Gasteiger partial charge in [0.05, 0.1) is 16.7 Å². The van der Waals surface area contributed by atoms with Gasteiger partial charge in [-0.05, 0) is 12.5 Å². The fourth-order valence-corrected chi connectivity index (χ4v) is 4.27. The van der Waals surface area contributed by atoms with Gasteiger partial charge in [0, 0.05) is 11.1 Å². The number of ketones is 2. The number of carbonyl (C=O) groups is 2. The van der Waals surface area contributed by atoms with Crippen LogP contribution < -0.4 is 5.73 Å². The van der Waals surface area contributed by atoms with E-state index in [1.807, 2.05) is 48.5 Å². The molecule has 4 aromatic rings. The Hall–Kier alpha value is -3.38. The normalized spacial score (nSPS) is 10.9. The molecule has 0 fully saturated rings. The van der Waals surface area contributed by atoms with E-state index < -0.39 is 0 Å². The molecular formula is C22H17N3O2S. The van der Waals surface area contributed by atoms with Gasteiger partial charge in [-0.15, -0.1) is 11.3 Å². The number of carbonyl (C=O) groups excluding carboxylic acids is 2. The first-order valence-electron chi connectivity index (χ1n) is 8.78. The van der Waals surface area contributed by atoms with E-state index in [0.29, 0.717) is 26.5 Å². The standard InChI is InChI=1S/C22H17N3O2S/c1-13(26)20-18(15-10-6-3-7-11-15)19-21(23)24-17(25-22(19)28-20)12-16(27)14-8-4-2-5-9-14/h2-11H,12H2,1H3,(H2,23,24,25). The lowest BCUT2D eigenvalue weighted by atomic mass is 10.0.